The van der Waals surface area contributed by atoms with Crippen LogP contribution in [-0.2, 0) is 4.79 Å². The van der Waals surface area contributed by atoms with E-state index in [1.54, 1.807) is 0 Å². The van der Waals surface area contributed by atoms with Gasteiger partial charge in [0.2, 0.25) is 0 Å². The topological polar surface area (TPSA) is 38.8 Å². The van der Waals surface area contributed by atoms with Gasteiger partial charge in [-0.15, -0.1) is 0 Å². The van der Waals surface area contributed by atoms with E-state index in [9.17, 15) is 4.79 Å². The highest BCUT2D eigenvalue weighted by atomic mass is 16.2. The molecule has 4 aliphatic rings. The van der Waals surface area contributed by atoms with Crippen LogP contribution >= 0.6 is 0 Å². The first-order valence-electron chi connectivity index (χ1n) is 8.32. The molecular formula is C17H26N5O+. The molecule has 4 heterocycles. The smallest absolute Gasteiger partial charge is 0.279 e. The van der Waals surface area contributed by atoms with Gasteiger partial charge in [0.15, 0.2) is 6.54 Å². The summed E-state index contributed by atoms with van der Waals surface area (Å²) in [6.07, 6.45) is 0. The lowest BCUT2D eigenvalue weighted by Gasteiger charge is -2.60. The molecule has 0 saturated carbocycles. The fraction of sp³-hybridized carbons (Fsp3) is 0.588. The monoisotopic (exact) mass is 316 g/mol. The van der Waals surface area contributed by atoms with Gasteiger partial charge in [-0.2, -0.15) is 0 Å². The Kier molecular flexibility index (Phi) is 3.46. The molecule has 4 bridgehead atoms. The average Bonchev–Trinajstić information content (AvgIpc) is 2.40. The first-order valence-corrected chi connectivity index (χ1v) is 8.32. The molecule has 5 rings (SSSR count). The van der Waals surface area contributed by atoms with Crippen LogP contribution in [0.3, 0.4) is 0 Å². The van der Waals surface area contributed by atoms with Crippen LogP contribution in [0, 0.1) is 20.8 Å². The Morgan fingerprint density at radius 2 is 1.48 bits per heavy atom. The molecule has 0 spiro atoms. The van der Waals surface area contributed by atoms with Crippen molar-refractivity contribution in [2.45, 2.75) is 20.8 Å². The molecule has 4 aliphatic heterocycles. The summed E-state index contributed by atoms with van der Waals surface area (Å²) in [5.41, 5.74) is 4.51. The molecular weight excluding hydrogens is 290 g/mol. The molecule has 4 fully saturated rings. The predicted octanol–water partition coefficient (Wildman–Crippen LogP) is 1.06. The largest absolute Gasteiger partial charge is 0.321 e. The molecule has 1 amide bonds. The van der Waals surface area contributed by atoms with Crippen LogP contribution < -0.4 is 5.32 Å². The lowest BCUT2D eigenvalue weighted by Crippen LogP contribution is -2.80. The minimum absolute atomic E-state index is 0.130. The van der Waals surface area contributed by atoms with Gasteiger partial charge in [0, 0.05) is 5.69 Å². The maximum absolute atomic E-state index is 12.7. The average molecular weight is 316 g/mol. The van der Waals surface area contributed by atoms with E-state index in [0.717, 1.165) is 61.3 Å². The number of hydrogen-bond acceptors (Lipinski definition) is 4. The predicted molar refractivity (Wildman–Crippen MR) is 89.1 cm³/mol. The zero-order valence-electron chi connectivity index (χ0n) is 14.3. The van der Waals surface area contributed by atoms with Crippen molar-refractivity contribution in [1.29, 1.82) is 0 Å². The highest BCUT2D eigenvalue weighted by Crippen LogP contribution is 2.29. The fourth-order valence-electron chi connectivity index (χ4n) is 4.67. The second-order valence-electron chi connectivity index (χ2n) is 7.68. The van der Waals surface area contributed by atoms with Gasteiger partial charge in [0.05, 0.1) is 20.0 Å². The van der Waals surface area contributed by atoms with Crippen LogP contribution in [0.5, 0.6) is 0 Å². The Balaban J connectivity index is 1.49. The van der Waals surface area contributed by atoms with Crippen LogP contribution in [0.25, 0.3) is 0 Å². The van der Waals surface area contributed by atoms with Crippen molar-refractivity contribution in [3.05, 3.63) is 28.8 Å². The standard InChI is InChI=1S/C17H25N5O/c1-13-4-14(2)17(15(3)5-13)18-16(23)6-22-10-19-7-20(11-22)9-21(8-19)12-22/h4-5H,6-12H2,1-3H3/p+1. The number of carbonyl (C=O) groups is 1. The lowest BCUT2D eigenvalue weighted by atomic mass is 10.1. The SMILES string of the molecule is Cc1cc(C)c(NC(=O)C[N+]23CN4CN(CN(C4)C2)C3)c(C)c1. The van der Waals surface area contributed by atoms with Crippen molar-refractivity contribution in [3.8, 4) is 0 Å². The number of nitrogens with one attached hydrogen (secondary N) is 1. The number of nitrogens with zero attached hydrogens (tertiary/aromatic N) is 4. The van der Waals surface area contributed by atoms with Crippen molar-refractivity contribution < 1.29 is 9.28 Å². The van der Waals surface area contributed by atoms with E-state index < -0.39 is 0 Å². The van der Waals surface area contributed by atoms with Crippen LogP contribution in [0.1, 0.15) is 16.7 Å². The molecule has 6 heteroatoms. The number of quaternary nitrogens is 1. The minimum Gasteiger partial charge on any atom is -0.321 e. The molecule has 6 nitrogen and oxygen atoms in total. The second-order valence-corrected chi connectivity index (χ2v) is 7.68. The van der Waals surface area contributed by atoms with E-state index in [1.807, 2.05) is 0 Å². The summed E-state index contributed by atoms with van der Waals surface area (Å²) in [5.74, 6) is 0.130. The van der Waals surface area contributed by atoms with Crippen molar-refractivity contribution >= 4 is 11.6 Å². The Morgan fingerprint density at radius 1 is 1.00 bits per heavy atom. The maximum Gasteiger partial charge on any atom is 0.279 e. The zero-order chi connectivity index (χ0) is 16.2. The van der Waals surface area contributed by atoms with Gasteiger partial charge in [0.25, 0.3) is 5.91 Å². The Morgan fingerprint density at radius 3 is 1.96 bits per heavy atom. The molecule has 1 aromatic carbocycles. The summed E-state index contributed by atoms with van der Waals surface area (Å²) >= 11 is 0. The molecule has 0 atom stereocenters. The molecule has 1 N–H and O–H groups in total. The van der Waals surface area contributed by atoms with Crippen molar-refractivity contribution in [3.63, 3.8) is 0 Å². The lowest BCUT2D eigenvalue weighted by molar-refractivity contribution is -0.973. The van der Waals surface area contributed by atoms with Gasteiger partial charge in [0.1, 0.15) is 20.0 Å². The summed E-state index contributed by atoms with van der Waals surface area (Å²) in [6, 6.07) is 4.26. The van der Waals surface area contributed by atoms with Crippen LogP contribution in [-0.4, -0.2) is 71.6 Å². The number of aryl methyl sites for hydroxylation is 3. The van der Waals surface area contributed by atoms with E-state index in [4.69, 9.17) is 0 Å². The summed E-state index contributed by atoms with van der Waals surface area (Å²) in [6.45, 7) is 12.9. The quantitative estimate of drug-likeness (QED) is 0.847. The molecule has 0 aliphatic carbocycles. The Bertz CT molecular complexity index is 598. The fourth-order valence-corrected chi connectivity index (χ4v) is 4.67. The van der Waals surface area contributed by atoms with Crippen LogP contribution in [0.2, 0.25) is 0 Å². The zero-order valence-corrected chi connectivity index (χ0v) is 14.3. The van der Waals surface area contributed by atoms with Gasteiger partial charge >= 0.3 is 0 Å². The summed E-state index contributed by atoms with van der Waals surface area (Å²) in [5, 5.41) is 3.17. The van der Waals surface area contributed by atoms with Crippen LogP contribution in [0.4, 0.5) is 5.69 Å². The van der Waals surface area contributed by atoms with Crippen LogP contribution in [0.15, 0.2) is 12.1 Å². The first-order chi connectivity index (χ1) is 10.9. The third-order valence-corrected chi connectivity index (χ3v) is 5.12. The highest BCUT2D eigenvalue weighted by Gasteiger charge is 2.49. The summed E-state index contributed by atoms with van der Waals surface area (Å²) in [7, 11) is 0. The summed E-state index contributed by atoms with van der Waals surface area (Å²) < 4.78 is 0.843. The van der Waals surface area contributed by atoms with E-state index in [0.29, 0.717) is 6.54 Å². The van der Waals surface area contributed by atoms with Gasteiger partial charge in [-0.3, -0.25) is 9.28 Å². The molecule has 0 aromatic heterocycles. The normalized spacial score (nSPS) is 34.7. The first kappa shape index (κ1) is 15.1. The molecule has 0 unspecified atom stereocenters. The van der Waals surface area contributed by atoms with E-state index in [1.165, 1.54) is 5.56 Å². The number of rotatable bonds is 3. The molecule has 23 heavy (non-hydrogen) atoms. The Labute approximate surface area is 137 Å². The van der Waals surface area contributed by atoms with Gasteiger partial charge < -0.3 is 5.32 Å². The number of carbonyl (C=O) groups excluding carboxylic acids is 1. The van der Waals surface area contributed by atoms with Gasteiger partial charge in [-0.25, -0.2) is 14.7 Å². The minimum atomic E-state index is 0.130. The molecule has 1 aromatic rings. The molecule has 0 radical (unpaired) electrons. The summed E-state index contributed by atoms with van der Waals surface area (Å²) in [4.78, 5) is 20.0. The van der Waals surface area contributed by atoms with Crippen molar-refractivity contribution in [1.82, 2.24) is 14.7 Å². The van der Waals surface area contributed by atoms with E-state index in [-0.39, 0.29) is 5.91 Å². The third kappa shape index (κ3) is 2.76. The number of amides is 1. The van der Waals surface area contributed by atoms with E-state index >= 15 is 0 Å². The molecule has 124 valence electrons. The maximum atomic E-state index is 12.7. The number of hydrogen-bond donors (Lipinski definition) is 1. The highest BCUT2D eigenvalue weighted by molar-refractivity contribution is 5.93. The third-order valence-electron chi connectivity index (χ3n) is 5.12. The van der Waals surface area contributed by atoms with E-state index in [2.05, 4.69) is 52.9 Å². The van der Waals surface area contributed by atoms with Gasteiger partial charge in [-0.1, -0.05) is 17.7 Å². The van der Waals surface area contributed by atoms with Crippen molar-refractivity contribution in [2.24, 2.45) is 0 Å². The number of benzene rings is 1. The van der Waals surface area contributed by atoms with Crippen molar-refractivity contribution in [2.75, 3.05) is 51.9 Å². The Hall–Kier alpha value is -1.47. The molecule has 4 saturated heterocycles. The second kappa shape index (κ2) is 5.27. The number of anilines is 1. The van der Waals surface area contributed by atoms with Gasteiger partial charge in [-0.05, 0) is 31.9 Å².